The highest BCUT2D eigenvalue weighted by atomic mass is 16.5. The molecule has 6 nitrogen and oxygen atoms in total. The predicted octanol–water partition coefficient (Wildman–Crippen LogP) is 4.75. The minimum Gasteiger partial charge on any atom is -0.361 e. The lowest BCUT2D eigenvalue weighted by molar-refractivity contribution is 0.393. The standard InChI is InChI=1S/C21H17N5O/c1-11-20(15-6-4-5-7-17(15)25-24-11)16-8-14(9-18-21(16)23-10-22-18)19-12(2)26-27-13(19)3/h4-10H,1-3H3,(H,22,23). The number of aromatic amines is 1. The summed E-state index contributed by atoms with van der Waals surface area (Å²) < 4.78 is 5.38. The summed E-state index contributed by atoms with van der Waals surface area (Å²) in [6.07, 6.45) is 1.72. The van der Waals surface area contributed by atoms with Gasteiger partial charge >= 0.3 is 0 Å². The van der Waals surface area contributed by atoms with Crippen molar-refractivity contribution in [3.63, 3.8) is 0 Å². The smallest absolute Gasteiger partial charge is 0.141 e. The molecular weight excluding hydrogens is 338 g/mol. The Bertz CT molecular complexity index is 1300. The molecule has 0 radical (unpaired) electrons. The first kappa shape index (κ1) is 15.7. The van der Waals surface area contributed by atoms with Crippen LogP contribution in [0.3, 0.4) is 0 Å². The van der Waals surface area contributed by atoms with E-state index in [0.717, 1.165) is 61.3 Å². The van der Waals surface area contributed by atoms with Crippen molar-refractivity contribution in [1.82, 2.24) is 25.3 Å². The summed E-state index contributed by atoms with van der Waals surface area (Å²) in [4.78, 5) is 7.81. The molecular formula is C21H17N5O. The van der Waals surface area contributed by atoms with E-state index in [0.29, 0.717) is 0 Å². The molecule has 0 saturated carbocycles. The third kappa shape index (κ3) is 2.33. The largest absolute Gasteiger partial charge is 0.361 e. The molecule has 0 unspecified atom stereocenters. The molecule has 0 saturated heterocycles. The Morgan fingerprint density at radius 2 is 1.78 bits per heavy atom. The van der Waals surface area contributed by atoms with Crippen LogP contribution in [-0.4, -0.2) is 25.3 Å². The Morgan fingerprint density at radius 1 is 0.926 bits per heavy atom. The second-order valence-electron chi connectivity index (χ2n) is 6.70. The first-order chi connectivity index (χ1) is 13.1. The van der Waals surface area contributed by atoms with Crippen molar-refractivity contribution in [2.24, 2.45) is 0 Å². The van der Waals surface area contributed by atoms with Crippen molar-refractivity contribution < 1.29 is 4.52 Å². The van der Waals surface area contributed by atoms with Crippen LogP contribution in [0.5, 0.6) is 0 Å². The van der Waals surface area contributed by atoms with Gasteiger partial charge in [-0.1, -0.05) is 23.4 Å². The van der Waals surface area contributed by atoms with Gasteiger partial charge in [-0.15, -0.1) is 0 Å². The number of aryl methyl sites for hydroxylation is 3. The summed E-state index contributed by atoms with van der Waals surface area (Å²) in [7, 11) is 0. The van der Waals surface area contributed by atoms with Crippen LogP contribution in [0.1, 0.15) is 17.1 Å². The molecule has 6 heteroatoms. The lowest BCUT2D eigenvalue weighted by Crippen LogP contribution is -1.95. The van der Waals surface area contributed by atoms with Crippen molar-refractivity contribution >= 4 is 21.9 Å². The van der Waals surface area contributed by atoms with Gasteiger partial charge in [0.25, 0.3) is 0 Å². The number of hydrogen-bond acceptors (Lipinski definition) is 5. The number of fused-ring (bicyclic) bond motifs is 2. The number of rotatable bonds is 2. The van der Waals surface area contributed by atoms with E-state index in [-0.39, 0.29) is 0 Å². The van der Waals surface area contributed by atoms with E-state index in [1.807, 2.05) is 39.0 Å². The van der Waals surface area contributed by atoms with E-state index < -0.39 is 0 Å². The molecule has 5 aromatic rings. The molecule has 0 aliphatic heterocycles. The summed E-state index contributed by atoms with van der Waals surface area (Å²) in [5.41, 5.74) is 8.59. The van der Waals surface area contributed by atoms with Crippen LogP contribution in [0.2, 0.25) is 0 Å². The third-order valence-corrected chi connectivity index (χ3v) is 4.96. The molecule has 5 rings (SSSR count). The van der Waals surface area contributed by atoms with Crippen LogP contribution in [0, 0.1) is 20.8 Å². The third-order valence-electron chi connectivity index (χ3n) is 4.96. The zero-order chi connectivity index (χ0) is 18.5. The zero-order valence-electron chi connectivity index (χ0n) is 15.2. The molecule has 0 atom stereocenters. The van der Waals surface area contributed by atoms with E-state index in [1.54, 1.807) is 6.33 Å². The molecule has 0 aliphatic carbocycles. The number of benzene rings is 2. The number of nitrogens with zero attached hydrogens (tertiary/aromatic N) is 4. The summed E-state index contributed by atoms with van der Waals surface area (Å²) in [6.45, 7) is 5.87. The first-order valence-corrected chi connectivity index (χ1v) is 8.76. The predicted molar refractivity (Wildman–Crippen MR) is 104 cm³/mol. The monoisotopic (exact) mass is 355 g/mol. The summed E-state index contributed by atoms with van der Waals surface area (Å²) in [6, 6.07) is 12.3. The van der Waals surface area contributed by atoms with Crippen molar-refractivity contribution in [1.29, 1.82) is 0 Å². The maximum Gasteiger partial charge on any atom is 0.141 e. The fraction of sp³-hybridized carbons (Fsp3) is 0.143. The van der Waals surface area contributed by atoms with Crippen molar-refractivity contribution in [2.75, 3.05) is 0 Å². The van der Waals surface area contributed by atoms with E-state index in [9.17, 15) is 0 Å². The quantitative estimate of drug-likeness (QED) is 0.494. The second kappa shape index (κ2) is 5.74. The molecule has 0 bridgehead atoms. The average molecular weight is 355 g/mol. The van der Waals surface area contributed by atoms with Gasteiger partial charge in [-0.2, -0.15) is 10.2 Å². The molecule has 2 aromatic carbocycles. The van der Waals surface area contributed by atoms with E-state index in [2.05, 4.69) is 43.5 Å². The number of hydrogen-bond donors (Lipinski definition) is 1. The van der Waals surface area contributed by atoms with Crippen LogP contribution >= 0.6 is 0 Å². The van der Waals surface area contributed by atoms with Gasteiger partial charge in [-0.05, 0) is 44.5 Å². The Balaban J connectivity index is 1.90. The highest BCUT2D eigenvalue weighted by molar-refractivity contribution is 6.04. The number of aromatic nitrogens is 5. The number of H-pyrrole nitrogens is 1. The first-order valence-electron chi connectivity index (χ1n) is 8.76. The molecule has 3 heterocycles. The van der Waals surface area contributed by atoms with E-state index in [1.165, 1.54) is 0 Å². The highest BCUT2D eigenvalue weighted by Crippen LogP contribution is 2.38. The Hall–Kier alpha value is -3.54. The van der Waals surface area contributed by atoms with Gasteiger partial charge in [0.05, 0.1) is 34.3 Å². The Labute approximate surface area is 155 Å². The minimum absolute atomic E-state index is 0.798. The Morgan fingerprint density at radius 3 is 2.59 bits per heavy atom. The van der Waals surface area contributed by atoms with Gasteiger partial charge in [0.2, 0.25) is 0 Å². The number of imidazole rings is 1. The van der Waals surface area contributed by atoms with Gasteiger partial charge < -0.3 is 9.51 Å². The summed E-state index contributed by atoms with van der Waals surface area (Å²) >= 11 is 0. The number of nitrogens with one attached hydrogen (secondary N) is 1. The molecule has 3 aromatic heterocycles. The van der Waals surface area contributed by atoms with Gasteiger partial charge in [-0.25, -0.2) is 4.98 Å². The maximum atomic E-state index is 5.38. The summed E-state index contributed by atoms with van der Waals surface area (Å²) in [5.74, 6) is 0.798. The van der Waals surface area contributed by atoms with Crippen molar-refractivity contribution in [2.45, 2.75) is 20.8 Å². The van der Waals surface area contributed by atoms with Gasteiger partial charge in [0.1, 0.15) is 5.76 Å². The van der Waals surface area contributed by atoms with Crippen LogP contribution in [-0.2, 0) is 0 Å². The van der Waals surface area contributed by atoms with Crippen LogP contribution in [0.4, 0.5) is 0 Å². The normalized spacial score (nSPS) is 11.5. The molecule has 27 heavy (non-hydrogen) atoms. The topological polar surface area (TPSA) is 80.5 Å². The molecule has 0 spiro atoms. The lowest BCUT2D eigenvalue weighted by Gasteiger charge is -2.12. The average Bonchev–Trinajstić information content (AvgIpc) is 3.27. The summed E-state index contributed by atoms with van der Waals surface area (Å²) in [5, 5.41) is 13.9. The van der Waals surface area contributed by atoms with Gasteiger partial charge in [-0.3, -0.25) is 0 Å². The zero-order valence-corrected chi connectivity index (χ0v) is 15.2. The molecule has 132 valence electrons. The van der Waals surface area contributed by atoms with Crippen molar-refractivity contribution in [3.05, 3.63) is 59.9 Å². The SMILES string of the molecule is Cc1noc(C)c1-c1cc(-c2c(C)nnc3ccccc23)c2nc[nH]c2c1. The van der Waals surface area contributed by atoms with Gasteiger partial charge in [0.15, 0.2) is 0 Å². The second-order valence-corrected chi connectivity index (χ2v) is 6.70. The minimum atomic E-state index is 0.798. The lowest BCUT2D eigenvalue weighted by atomic mass is 9.94. The maximum absolute atomic E-state index is 5.38. The van der Waals surface area contributed by atoms with Crippen LogP contribution in [0.15, 0.2) is 47.2 Å². The van der Waals surface area contributed by atoms with Crippen LogP contribution in [0.25, 0.3) is 44.2 Å². The fourth-order valence-electron chi connectivity index (χ4n) is 3.77. The molecule has 0 amide bonds. The Kier molecular flexibility index (Phi) is 3.33. The van der Waals surface area contributed by atoms with Gasteiger partial charge in [0, 0.05) is 22.1 Å². The van der Waals surface area contributed by atoms with E-state index >= 15 is 0 Å². The molecule has 1 N–H and O–H groups in total. The molecule has 0 fully saturated rings. The fourth-order valence-corrected chi connectivity index (χ4v) is 3.77. The van der Waals surface area contributed by atoms with Crippen LogP contribution < -0.4 is 0 Å². The highest BCUT2D eigenvalue weighted by Gasteiger charge is 2.19. The van der Waals surface area contributed by atoms with Crippen molar-refractivity contribution in [3.8, 4) is 22.3 Å². The molecule has 0 aliphatic rings. The van der Waals surface area contributed by atoms with E-state index in [4.69, 9.17) is 4.52 Å².